The topological polar surface area (TPSA) is 78.3 Å². The fourth-order valence-corrected chi connectivity index (χ4v) is 3.66. The van der Waals surface area contributed by atoms with Crippen molar-refractivity contribution in [1.29, 1.82) is 0 Å². The van der Waals surface area contributed by atoms with Crippen LogP contribution in [0, 0.1) is 6.92 Å². The molecule has 0 radical (unpaired) electrons. The van der Waals surface area contributed by atoms with Gasteiger partial charge in [0, 0.05) is 24.2 Å². The van der Waals surface area contributed by atoms with Crippen molar-refractivity contribution in [2.24, 2.45) is 0 Å². The van der Waals surface area contributed by atoms with Gasteiger partial charge < -0.3 is 14.8 Å². The number of benzene rings is 1. The monoisotopic (exact) mass is 446 g/mol. The normalized spacial score (nSPS) is 15.9. The maximum absolute atomic E-state index is 13.3. The summed E-state index contributed by atoms with van der Waals surface area (Å²) in [4.78, 5) is 17.0. The van der Waals surface area contributed by atoms with E-state index in [0.717, 1.165) is 11.6 Å². The van der Waals surface area contributed by atoms with Crippen molar-refractivity contribution in [2.45, 2.75) is 39.2 Å². The molecule has 1 aliphatic heterocycles. The molecule has 1 amide bonds. The van der Waals surface area contributed by atoms with Gasteiger partial charge in [0.15, 0.2) is 5.69 Å². The molecule has 0 spiro atoms. The second kappa shape index (κ2) is 8.27. The molecule has 1 atom stereocenters. The average Bonchev–Trinajstić information content (AvgIpc) is 3.11. The van der Waals surface area contributed by atoms with E-state index in [-0.39, 0.29) is 24.2 Å². The quantitative estimate of drug-likeness (QED) is 0.646. The van der Waals surface area contributed by atoms with Gasteiger partial charge >= 0.3 is 6.18 Å². The lowest BCUT2D eigenvalue weighted by Gasteiger charge is -2.21. The first-order valence-corrected chi connectivity index (χ1v) is 9.88. The van der Waals surface area contributed by atoms with Crippen molar-refractivity contribution in [3.63, 3.8) is 0 Å². The van der Waals surface area contributed by atoms with E-state index >= 15 is 0 Å². The molecule has 32 heavy (non-hydrogen) atoms. The molecule has 2 aromatic heterocycles. The number of ether oxygens (including phenoxy) is 2. The lowest BCUT2D eigenvalue weighted by Crippen LogP contribution is -2.22. The molecule has 1 aliphatic rings. The summed E-state index contributed by atoms with van der Waals surface area (Å²) in [5.74, 6) is -0.777. The van der Waals surface area contributed by atoms with Crippen LogP contribution in [0.4, 0.5) is 18.9 Å². The van der Waals surface area contributed by atoms with Gasteiger partial charge in [0.1, 0.15) is 5.75 Å². The Hall–Kier alpha value is -3.40. The van der Waals surface area contributed by atoms with Gasteiger partial charge in [-0.2, -0.15) is 18.3 Å². The van der Waals surface area contributed by atoms with E-state index in [1.807, 2.05) is 13.8 Å². The number of hydrogen-bond donors (Lipinski definition) is 1. The number of nitrogens with one attached hydrogen (secondary N) is 1. The first-order valence-electron chi connectivity index (χ1n) is 9.88. The van der Waals surface area contributed by atoms with E-state index in [2.05, 4.69) is 15.4 Å². The number of methoxy groups -OCH3 is 1. The number of nitrogens with zero attached hydrogens (tertiary/aromatic N) is 3. The zero-order valence-corrected chi connectivity index (χ0v) is 17.7. The van der Waals surface area contributed by atoms with Crippen LogP contribution in [0.2, 0.25) is 0 Å². The Bertz CT molecular complexity index is 1170. The molecule has 3 aromatic rings. The molecule has 1 N–H and O–H groups in total. The van der Waals surface area contributed by atoms with Crippen molar-refractivity contribution in [2.75, 3.05) is 12.4 Å². The molecule has 0 saturated heterocycles. The zero-order valence-electron chi connectivity index (χ0n) is 17.7. The molecule has 0 fully saturated rings. The van der Waals surface area contributed by atoms with Crippen molar-refractivity contribution in [1.82, 2.24) is 14.8 Å². The Kier molecular flexibility index (Phi) is 5.64. The van der Waals surface area contributed by atoms with Crippen molar-refractivity contribution >= 4 is 11.6 Å². The maximum Gasteiger partial charge on any atom is 0.419 e. The Labute approximate surface area is 182 Å². The van der Waals surface area contributed by atoms with Crippen LogP contribution in [0.25, 0.3) is 5.69 Å². The van der Waals surface area contributed by atoms with E-state index in [1.165, 1.54) is 30.1 Å². The van der Waals surface area contributed by atoms with Gasteiger partial charge in [-0.15, -0.1) is 0 Å². The molecule has 4 rings (SSSR count). The Morgan fingerprint density at radius 1 is 1.28 bits per heavy atom. The third-order valence-electron chi connectivity index (χ3n) is 5.17. The second-order valence-corrected chi connectivity index (χ2v) is 7.60. The Balaban J connectivity index is 1.77. The van der Waals surface area contributed by atoms with Crippen LogP contribution in [-0.4, -0.2) is 33.9 Å². The van der Waals surface area contributed by atoms with Gasteiger partial charge in [-0.25, -0.2) is 4.68 Å². The highest BCUT2D eigenvalue weighted by atomic mass is 19.4. The molecule has 1 aromatic carbocycles. The predicted octanol–water partition coefficient (Wildman–Crippen LogP) is 4.32. The number of carbonyl (C=O) groups excluding carboxylic acids is 1. The summed E-state index contributed by atoms with van der Waals surface area (Å²) < 4.78 is 51.9. The van der Waals surface area contributed by atoms with E-state index in [1.54, 1.807) is 12.3 Å². The number of fused-ring (bicyclic) bond motifs is 1. The molecule has 0 saturated carbocycles. The third kappa shape index (κ3) is 4.18. The summed E-state index contributed by atoms with van der Waals surface area (Å²) in [5.41, 5.74) is 2.32. The Morgan fingerprint density at radius 3 is 2.75 bits per heavy atom. The number of rotatable bonds is 4. The molecule has 0 aliphatic carbocycles. The van der Waals surface area contributed by atoms with Crippen molar-refractivity contribution < 1.29 is 27.4 Å². The highest BCUT2D eigenvalue weighted by Crippen LogP contribution is 2.38. The van der Waals surface area contributed by atoms with Gasteiger partial charge in [0.2, 0.25) is 0 Å². The van der Waals surface area contributed by atoms with Crippen molar-refractivity contribution in [3.05, 3.63) is 64.7 Å². The number of aryl methyl sites for hydroxylation is 1. The number of alkyl halides is 3. The van der Waals surface area contributed by atoms with Gasteiger partial charge in [-0.05, 0) is 37.6 Å². The fraction of sp³-hybridized carbons (Fsp3) is 0.318. The molecule has 0 bridgehead atoms. The van der Waals surface area contributed by atoms with Crippen LogP contribution in [0.15, 0.2) is 36.7 Å². The highest BCUT2D eigenvalue weighted by Gasteiger charge is 2.35. The summed E-state index contributed by atoms with van der Waals surface area (Å²) in [5, 5.41) is 7.22. The van der Waals surface area contributed by atoms with E-state index in [9.17, 15) is 18.0 Å². The van der Waals surface area contributed by atoms with E-state index < -0.39 is 17.6 Å². The summed E-state index contributed by atoms with van der Waals surface area (Å²) in [6.07, 6.45) is -1.05. The predicted molar refractivity (Wildman–Crippen MR) is 110 cm³/mol. The lowest BCUT2D eigenvalue weighted by molar-refractivity contribution is -0.138. The zero-order chi connectivity index (χ0) is 23.0. The lowest BCUT2D eigenvalue weighted by atomic mass is 10.0. The van der Waals surface area contributed by atoms with Crippen LogP contribution in [-0.2, 0) is 23.9 Å². The number of aromatic nitrogens is 3. The SMILES string of the molecule is COc1cc(-n2nc(C(=O)Nc3cncc(C)c3)c3c2CC(C)OC3)ccc1C(F)(F)F. The fourth-order valence-electron chi connectivity index (χ4n) is 3.66. The van der Waals surface area contributed by atoms with Crippen LogP contribution < -0.4 is 10.1 Å². The number of amides is 1. The average molecular weight is 446 g/mol. The molecule has 7 nitrogen and oxygen atoms in total. The van der Waals surface area contributed by atoms with Gasteiger partial charge in [0.25, 0.3) is 5.91 Å². The van der Waals surface area contributed by atoms with Gasteiger partial charge in [0.05, 0.1) is 48.6 Å². The molecule has 3 heterocycles. The van der Waals surface area contributed by atoms with Crippen molar-refractivity contribution in [3.8, 4) is 11.4 Å². The Morgan fingerprint density at radius 2 is 2.06 bits per heavy atom. The third-order valence-corrected chi connectivity index (χ3v) is 5.17. The summed E-state index contributed by atoms with van der Waals surface area (Å²) >= 11 is 0. The second-order valence-electron chi connectivity index (χ2n) is 7.60. The smallest absolute Gasteiger partial charge is 0.419 e. The largest absolute Gasteiger partial charge is 0.496 e. The van der Waals surface area contributed by atoms with Crippen LogP contribution in [0.3, 0.4) is 0 Å². The standard InChI is InChI=1S/C22H21F3N4O3/c1-12-6-14(10-26-9-12)27-21(30)20-16-11-32-13(2)7-18(16)29(28-20)15-4-5-17(22(23,24)25)19(8-15)31-3/h4-6,8-10,13H,7,11H2,1-3H3,(H,27,30). The van der Waals surface area contributed by atoms with E-state index in [0.29, 0.717) is 29.1 Å². The maximum atomic E-state index is 13.3. The molecule has 168 valence electrons. The van der Waals surface area contributed by atoms with E-state index in [4.69, 9.17) is 9.47 Å². The number of halogens is 3. The van der Waals surface area contributed by atoms with Gasteiger partial charge in [-0.3, -0.25) is 9.78 Å². The minimum Gasteiger partial charge on any atom is -0.496 e. The van der Waals surface area contributed by atoms with Crippen LogP contribution in [0.5, 0.6) is 5.75 Å². The minimum atomic E-state index is -4.55. The number of carbonyl (C=O) groups is 1. The van der Waals surface area contributed by atoms with Crippen LogP contribution in [0.1, 0.15) is 39.8 Å². The van der Waals surface area contributed by atoms with Gasteiger partial charge in [-0.1, -0.05) is 0 Å². The highest BCUT2D eigenvalue weighted by molar-refractivity contribution is 6.04. The summed E-state index contributed by atoms with van der Waals surface area (Å²) in [6, 6.07) is 5.30. The summed E-state index contributed by atoms with van der Waals surface area (Å²) in [7, 11) is 1.18. The number of pyridine rings is 1. The molecule has 1 unspecified atom stereocenters. The number of anilines is 1. The molecule has 10 heteroatoms. The number of hydrogen-bond acceptors (Lipinski definition) is 5. The first kappa shape index (κ1) is 21.8. The molecular formula is C22H21F3N4O3. The first-order chi connectivity index (χ1) is 15.2. The van der Waals surface area contributed by atoms with Crippen LogP contribution >= 0.6 is 0 Å². The molecular weight excluding hydrogens is 425 g/mol. The minimum absolute atomic E-state index is 0.133. The summed E-state index contributed by atoms with van der Waals surface area (Å²) in [6.45, 7) is 3.90.